The van der Waals surface area contributed by atoms with Crippen molar-refractivity contribution in [2.24, 2.45) is 0 Å². The maximum Gasteiger partial charge on any atom is 0.327 e. The summed E-state index contributed by atoms with van der Waals surface area (Å²) < 4.78 is 0. The third-order valence-corrected chi connectivity index (χ3v) is 5.17. The number of benzene rings is 1. The van der Waals surface area contributed by atoms with Crippen molar-refractivity contribution >= 4 is 41.2 Å². The van der Waals surface area contributed by atoms with Crippen LogP contribution in [0.2, 0.25) is 0 Å². The lowest BCUT2D eigenvalue weighted by Gasteiger charge is -2.27. The number of aromatic hydroxyl groups is 1. The van der Waals surface area contributed by atoms with Crippen LogP contribution >= 0.6 is 11.8 Å². The van der Waals surface area contributed by atoms with Crippen molar-refractivity contribution in [2.45, 2.75) is 30.7 Å². The van der Waals surface area contributed by atoms with Crippen LogP contribution < -0.4 is 0 Å². The molecule has 1 aromatic carbocycles. The van der Waals surface area contributed by atoms with Crippen LogP contribution in [0.5, 0.6) is 5.75 Å². The molecule has 0 radical (unpaired) electrons. The molecule has 1 aliphatic heterocycles. The SMILES string of the molecule is O=C(O)CC(=O)CC(=O)CC(=O)N1C(c2ccccc2O)SC[C@H]1C(=O)O. The molecule has 1 saturated heterocycles. The summed E-state index contributed by atoms with van der Waals surface area (Å²) in [6.45, 7) is 0. The van der Waals surface area contributed by atoms with Gasteiger partial charge in [0, 0.05) is 11.3 Å². The predicted octanol–water partition coefficient (Wildman–Crippen LogP) is 0.812. The lowest BCUT2D eigenvalue weighted by atomic mass is 10.1. The normalized spacial score (nSPS) is 18.9. The largest absolute Gasteiger partial charge is 0.508 e. The van der Waals surface area contributed by atoms with E-state index in [1.807, 2.05) is 0 Å². The number of carbonyl (C=O) groups excluding carboxylic acids is 3. The molecule has 1 amide bonds. The van der Waals surface area contributed by atoms with Gasteiger partial charge in [-0.05, 0) is 6.07 Å². The van der Waals surface area contributed by atoms with Gasteiger partial charge in [-0.25, -0.2) is 4.79 Å². The number of Topliss-reactive ketones (excluding diaryl/α,β-unsaturated/α-hetero) is 2. The van der Waals surface area contributed by atoms with Crippen molar-refractivity contribution in [2.75, 3.05) is 5.75 Å². The van der Waals surface area contributed by atoms with E-state index in [-0.39, 0.29) is 11.5 Å². The van der Waals surface area contributed by atoms with Crippen molar-refractivity contribution in [3.63, 3.8) is 0 Å². The highest BCUT2D eigenvalue weighted by molar-refractivity contribution is 7.99. The number of carbonyl (C=O) groups is 5. The van der Waals surface area contributed by atoms with E-state index in [4.69, 9.17) is 5.11 Å². The van der Waals surface area contributed by atoms with Crippen LogP contribution in [0.15, 0.2) is 24.3 Å². The zero-order valence-electron chi connectivity index (χ0n) is 14.0. The van der Waals surface area contributed by atoms with Gasteiger partial charge in [0.05, 0.1) is 12.8 Å². The summed E-state index contributed by atoms with van der Waals surface area (Å²) in [5, 5.41) is 27.1. The van der Waals surface area contributed by atoms with Gasteiger partial charge in [0.25, 0.3) is 0 Å². The summed E-state index contributed by atoms with van der Waals surface area (Å²) in [7, 11) is 0. The predicted molar refractivity (Wildman–Crippen MR) is 93.1 cm³/mol. The minimum atomic E-state index is -1.37. The number of thioether (sulfide) groups is 1. The first kappa shape index (κ1) is 20.4. The van der Waals surface area contributed by atoms with Gasteiger partial charge in [0.15, 0.2) is 5.78 Å². The third kappa shape index (κ3) is 5.07. The molecule has 1 heterocycles. The number of nitrogens with zero attached hydrogens (tertiary/aromatic N) is 1. The van der Waals surface area contributed by atoms with Crippen LogP contribution in [0, 0.1) is 0 Å². The van der Waals surface area contributed by atoms with E-state index in [9.17, 15) is 34.2 Å². The number of phenolic OH excluding ortho intramolecular Hbond substituents is 1. The van der Waals surface area contributed by atoms with Gasteiger partial charge >= 0.3 is 11.9 Å². The van der Waals surface area contributed by atoms with Gasteiger partial charge in [-0.2, -0.15) is 0 Å². The third-order valence-electron chi connectivity index (χ3n) is 3.87. The van der Waals surface area contributed by atoms with Gasteiger partial charge in [0.2, 0.25) is 5.91 Å². The molecule has 1 aliphatic rings. The van der Waals surface area contributed by atoms with E-state index in [1.165, 1.54) is 6.07 Å². The maximum atomic E-state index is 12.6. The van der Waals surface area contributed by atoms with Crippen LogP contribution in [0.3, 0.4) is 0 Å². The molecule has 2 atom stereocenters. The average molecular weight is 395 g/mol. The molecule has 3 N–H and O–H groups in total. The summed E-state index contributed by atoms with van der Waals surface area (Å²) in [6, 6.07) is 4.98. The topological polar surface area (TPSA) is 149 Å². The van der Waals surface area contributed by atoms with Crippen LogP contribution in [-0.4, -0.2) is 61.4 Å². The molecule has 9 nitrogen and oxygen atoms in total. The van der Waals surface area contributed by atoms with E-state index >= 15 is 0 Å². The maximum absolute atomic E-state index is 12.6. The number of carboxylic acids is 2. The van der Waals surface area contributed by atoms with Crippen molar-refractivity contribution in [3.05, 3.63) is 29.8 Å². The molecule has 1 unspecified atom stereocenters. The number of carboxylic acid groups (broad SMARTS) is 2. The standard InChI is InChI=1S/C17H17NO8S/c19-9(5-10(20)7-15(23)24)6-14(22)18-12(17(25)26)8-27-16(18)11-3-1-2-4-13(11)21/h1-4,12,16,21H,5-8H2,(H,23,24)(H,25,26)/t12-,16?/m0/s1. The first-order valence-electron chi connectivity index (χ1n) is 7.89. The molecule has 1 aromatic rings. The number of rotatable bonds is 8. The smallest absolute Gasteiger partial charge is 0.327 e. The molecule has 0 spiro atoms. The average Bonchev–Trinajstić information content (AvgIpc) is 2.99. The monoisotopic (exact) mass is 395 g/mol. The Morgan fingerprint density at radius 2 is 1.63 bits per heavy atom. The Balaban J connectivity index is 2.17. The van der Waals surface area contributed by atoms with Gasteiger partial charge < -0.3 is 20.2 Å². The fourth-order valence-electron chi connectivity index (χ4n) is 2.71. The summed E-state index contributed by atoms with van der Waals surface area (Å²) in [5.74, 6) is -5.07. The van der Waals surface area contributed by atoms with E-state index < -0.39 is 60.1 Å². The van der Waals surface area contributed by atoms with Crippen LogP contribution in [0.25, 0.3) is 0 Å². The van der Waals surface area contributed by atoms with Crippen molar-refractivity contribution in [1.82, 2.24) is 4.90 Å². The number of aliphatic carboxylic acids is 2. The second-order valence-corrected chi connectivity index (χ2v) is 7.01. The zero-order chi connectivity index (χ0) is 20.1. The fraction of sp³-hybridized carbons (Fsp3) is 0.353. The summed E-state index contributed by atoms with van der Waals surface area (Å²) in [5.41, 5.74) is 0.342. The molecule has 2 rings (SSSR count). The van der Waals surface area contributed by atoms with Crippen molar-refractivity contribution < 1.29 is 39.3 Å². The van der Waals surface area contributed by atoms with Crippen LogP contribution in [0.1, 0.15) is 30.2 Å². The van der Waals surface area contributed by atoms with Gasteiger partial charge in [0.1, 0.15) is 29.4 Å². The fourth-order valence-corrected chi connectivity index (χ4v) is 4.18. The second-order valence-electron chi connectivity index (χ2n) is 5.90. The Morgan fingerprint density at radius 3 is 2.22 bits per heavy atom. The van der Waals surface area contributed by atoms with Crippen LogP contribution in [0.4, 0.5) is 0 Å². The Kier molecular flexibility index (Phi) is 6.56. The molecule has 0 aliphatic carbocycles. The highest BCUT2D eigenvalue weighted by Crippen LogP contribution is 2.44. The highest BCUT2D eigenvalue weighted by atomic mass is 32.2. The van der Waals surface area contributed by atoms with Crippen LogP contribution in [-0.2, 0) is 24.0 Å². The number of amides is 1. The Hall–Kier alpha value is -2.88. The number of hydrogen-bond donors (Lipinski definition) is 3. The van der Waals surface area contributed by atoms with Gasteiger partial charge in [-0.3, -0.25) is 19.2 Å². The number of para-hydroxylation sites is 1. The molecule has 0 bridgehead atoms. The molecule has 144 valence electrons. The van der Waals surface area contributed by atoms with Crippen molar-refractivity contribution in [1.29, 1.82) is 0 Å². The van der Waals surface area contributed by atoms with E-state index in [2.05, 4.69) is 0 Å². The summed E-state index contributed by atoms with van der Waals surface area (Å²) in [6.07, 6.45) is -2.25. The summed E-state index contributed by atoms with van der Waals surface area (Å²) in [4.78, 5) is 58.9. The number of phenols is 1. The molecule has 0 aromatic heterocycles. The second kappa shape index (κ2) is 8.67. The van der Waals surface area contributed by atoms with E-state index in [0.29, 0.717) is 5.56 Å². The quantitative estimate of drug-likeness (QED) is 0.543. The van der Waals surface area contributed by atoms with E-state index in [0.717, 1.165) is 16.7 Å². The summed E-state index contributed by atoms with van der Waals surface area (Å²) >= 11 is 1.14. The number of hydrogen-bond acceptors (Lipinski definition) is 7. The molecule has 0 saturated carbocycles. The van der Waals surface area contributed by atoms with Gasteiger partial charge in [-0.1, -0.05) is 18.2 Å². The minimum absolute atomic E-state index is 0.0756. The minimum Gasteiger partial charge on any atom is -0.508 e. The first-order valence-corrected chi connectivity index (χ1v) is 8.94. The first-order chi connectivity index (χ1) is 12.7. The molecule has 1 fully saturated rings. The molecule has 27 heavy (non-hydrogen) atoms. The Bertz CT molecular complexity index is 793. The zero-order valence-corrected chi connectivity index (χ0v) is 14.8. The molecular weight excluding hydrogens is 378 g/mol. The van der Waals surface area contributed by atoms with Gasteiger partial charge in [-0.15, -0.1) is 11.8 Å². The number of ketones is 2. The lowest BCUT2D eigenvalue weighted by Crippen LogP contribution is -2.43. The molecule has 10 heteroatoms. The highest BCUT2D eigenvalue weighted by Gasteiger charge is 2.43. The Labute approximate surface area is 158 Å². The van der Waals surface area contributed by atoms with Crippen molar-refractivity contribution in [3.8, 4) is 5.75 Å². The van der Waals surface area contributed by atoms with E-state index in [1.54, 1.807) is 18.2 Å². The lowest BCUT2D eigenvalue weighted by molar-refractivity contribution is -0.150. The Morgan fingerprint density at radius 1 is 1.00 bits per heavy atom. The molecular formula is C17H17NO8S.